The molecule has 3 N–H and O–H groups in total. The smallest absolute Gasteiger partial charge is 0.314 e. The molecule has 0 aliphatic rings. The molecule has 112 valence electrons. The summed E-state index contributed by atoms with van der Waals surface area (Å²) in [6.45, 7) is 6.94. The van der Waals surface area contributed by atoms with Gasteiger partial charge in [0.1, 0.15) is 0 Å². The van der Waals surface area contributed by atoms with Crippen molar-refractivity contribution in [2.24, 2.45) is 5.92 Å². The third-order valence-electron chi connectivity index (χ3n) is 3.18. The highest BCUT2D eigenvalue weighted by atomic mass is 16.4. The normalized spacial score (nSPS) is 13.6. The summed E-state index contributed by atoms with van der Waals surface area (Å²) < 4.78 is 0. The maximum atomic E-state index is 11.5. The van der Waals surface area contributed by atoms with Gasteiger partial charge in [0.05, 0.1) is 0 Å². The van der Waals surface area contributed by atoms with Gasteiger partial charge in [-0.25, -0.2) is 4.79 Å². The molecule has 5 nitrogen and oxygen atoms in total. The molecule has 0 aliphatic heterocycles. The summed E-state index contributed by atoms with van der Waals surface area (Å²) in [4.78, 5) is 21.8. The van der Waals surface area contributed by atoms with Gasteiger partial charge in [-0.2, -0.15) is 0 Å². The van der Waals surface area contributed by atoms with Crippen LogP contribution in [0.25, 0.3) is 0 Å². The van der Waals surface area contributed by atoms with Crippen molar-refractivity contribution in [3.05, 3.63) is 0 Å². The van der Waals surface area contributed by atoms with Crippen molar-refractivity contribution in [2.45, 2.75) is 65.3 Å². The molecule has 0 aromatic rings. The minimum absolute atomic E-state index is 0.131. The summed E-state index contributed by atoms with van der Waals surface area (Å²) in [5.74, 6) is -0.143. The van der Waals surface area contributed by atoms with E-state index in [1.165, 1.54) is 0 Å². The number of hydrogen-bond donors (Lipinski definition) is 3. The molecule has 0 saturated heterocycles. The molecule has 0 fully saturated rings. The van der Waals surface area contributed by atoms with Crippen LogP contribution in [-0.4, -0.2) is 29.7 Å². The van der Waals surface area contributed by atoms with E-state index in [0.717, 1.165) is 25.7 Å². The van der Waals surface area contributed by atoms with Crippen molar-refractivity contribution in [3.8, 4) is 0 Å². The summed E-state index contributed by atoms with van der Waals surface area (Å²) in [7, 11) is 0. The zero-order valence-electron chi connectivity index (χ0n) is 12.4. The van der Waals surface area contributed by atoms with Crippen LogP contribution in [0.2, 0.25) is 0 Å². The molecule has 2 atom stereocenters. The molecule has 2 amide bonds. The second-order valence-electron chi connectivity index (χ2n) is 5.25. The maximum Gasteiger partial charge on any atom is 0.314 e. The average molecular weight is 272 g/mol. The monoisotopic (exact) mass is 272 g/mol. The lowest BCUT2D eigenvalue weighted by Crippen LogP contribution is -2.41. The van der Waals surface area contributed by atoms with E-state index in [-0.39, 0.29) is 18.5 Å². The van der Waals surface area contributed by atoms with E-state index in [4.69, 9.17) is 5.11 Å². The Morgan fingerprint density at radius 3 is 2.42 bits per heavy atom. The number of carboxylic acid groups (broad SMARTS) is 1. The van der Waals surface area contributed by atoms with Gasteiger partial charge in [-0.3, -0.25) is 4.79 Å². The van der Waals surface area contributed by atoms with Gasteiger partial charge in [0.15, 0.2) is 0 Å². The van der Waals surface area contributed by atoms with Crippen LogP contribution in [0.15, 0.2) is 0 Å². The second kappa shape index (κ2) is 10.6. The van der Waals surface area contributed by atoms with Gasteiger partial charge in [0.2, 0.25) is 0 Å². The predicted molar refractivity (Wildman–Crippen MR) is 76.2 cm³/mol. The van der Waals surface area contributed by atoms with Crippen LogP contribution in [0, 0.1) is 5.92 Å². The summed E-state index contributed by atoms with van der Waals surface area (Å²) in [6.07, 6.45) is 4.64. The molecule has 2 unspecified atom stereocenters. The Kier molecular flexibility index (Phi) is 9.94. The molecule has 0 aromatic heterocycles. The van der Waals surface area contributed by atoms with Crippen molar-refractivity contribution in [1.82, 2.24) is 10.6 Å². The van der Waals surface area contributed by atoms with E-state index in [9.17, 15) is 9.59 Å². The topological polar surface area (TPSA) is 78.4 Å². The molecule has 0 saturated carbocycles. The summed E-state index contributed by atoms with van der Waals surface area (Å²) in [5.41, 5.74) is 0. The van der Waals surface area contributed by atoms with Crippen molar-refractivity contribution < 1.29 is 14.7 Å². The molecule has 0 aromatic carbocycles. The number of urea groups is 1. The first kappa shape index (κ1) is 17.7. The highest BCUT2D eigenvalue weighted by Crippen LogP contribution is 2.09. The molecule has 5 heteroatoms. The fourth-order valence-electron chi connectivity index (χ4n) is 1.88. The predicted octanol–water partition coefficient (Wildman–Crippen LogP) is 2.76. The van der Waals surface area contributed by atoms with Gasteiger partial charge in [-0.05, 0) is 32.1 Å². The number of carboxylic acids is 1. The first-order valence-corrected chi connectivity index (χ1v) is 7.21. The van der Waals surface area contributed by atoms with Crippen molar-refractivity contribution in [3.63, 3.8) is 0 Å². The van der Waals surface area contributed by atoms with Gasteiger partial charge >= 0.3 is 12.0 Å². The largest absolute Gasteiger partial charge is 0.481 e. The summed E-state index contributed by atoms with van der Waals surface area (Å²) in [6, 6.07) is 0.0519. The molecule has 0 heterocycles. The Hall–Kier alpha value is -1.26. The van der Waals surface area contributed by atoms with E-state index in [0.29, 0.717) is 18.9 Å². The number of rotatable bonds is 10. The Labute approximate surface area is 116 Å². The van der Waals surface area contributed by atoms with E-state index < -0.39 is 5.97 Å². The SMILES string of the molecule is CCC(C)CC(C)NC(=O)NCCCCCC(=O)O. The van der Waals surface area contributed by atoms with E-state index >= 15 is 0 Å². The van der Waals surface area contributed by atoms with Crippen LogP contribution >= 0.6 is 0 Å². The van der Waals surface area contributed by atoms with E-state index in [1.54, 1.807) is 0 Å². The average Bonchev–Trinajstić information content (AvgIpc) is 2.32. The van der Waals surface area contributed by atoms with Crippen LogP contribution in [0.4, 0.5) is 4.79 Å². The van der Waals surface area contributed by atoms with Gasteiger partial charge in [-0.1, -0.05) is 26.7 Å². The number of carbonyl (C=O) groups is 2. The molecule has 0 aliphatic carbocycles. The first-order valence-electron chi connectivity index (χ1n) is 7.21. The number of unbranched alkanes of at least 4 members (excludes halogenated alkanes) is 2. The fraction of sp³-hybridized carbons (Fsp3) is 0.857. The molecule has 0 spiro atoms. The highest BCUT2D eigenvalue weighted by molar-refractivity contribution is 5.74. The second-order valence-corrected chi connectivity index (χ2v) is 5.25. The zero-order chi connectivity index (χ0) is 14.7. The lowest BCUT2D eigenvalue weighted by Gasteiger charge is -2.17. The van der Waals surface area contributed by atoms with Crippen LogP contribution in [0.5, 0.6) is 0 Å². The molecular formula is C14H28N2O3. The number of nitrogens with one attached hydrogen (secondary N) is 2. The minimum atomic E-state index is -0.760. The number of hydrogen-bond acceptors (Lipinski definition) is 2. The summed E-state index contributed by atoms with van der Waals surface area (Å²) >= 11 is 0. The Balaban J connectivity index is 3.51. The minimum Gasteiger partial charge on any atom is -0.481 e. The molecule has 0 radical (unpaired) electrons. The van der Waals surface area contributed by atoms with Crippen molar-refractivity contribution in [1.29, 1.82) is 0 Å². The third kappa shape index (κ3) is 11.6. The zero-order valence-corrected chi connectivity index (χ0v) is 12.4. The van der Waals surface area contributed by atoms with Crippen LogP contribution < -0.4 is 10.6 Å². The molecular weight excluding hydrogens is 244 g/mol. The van der Waals surface area contributed by atoms with Gasteiger partial charge < -0.3 is 15.7 Å². The van der Waals surface area contributed by atoms with E-state index in [1.807, 2.05) is 6.92 Å². The standard InChI is InChI=1S/C14H28N2O3/c1-4-11(2)10-12(3)16-14(19)15-9-7-5-6-8-13(17)18/h11-12H,4-10H2,1-3H3,(H,17,18)(H2,15,16,19). The quantitative estimate of drug-likeness (QED) is 0.535. The van der Waals surface area contributed by atoms with Gasteiger partial charge in [0, 0.05) is 19.0 Å². The maximum absolute atomic E-state index is 11.5. The highest BCUT2D eigenvalue weighted by Gasteiger charge is 2.09. The van der Waals surface area contributed by atoms with Crippen LogP contribution in [0.3, 0.4) is 0 Å². The first-order chi connectivity index (χ1) is 8.95. The molecule has 0 bridgehead atoms. The lowest BCUT2D eigenvalue weighted by molar-refractivity contribution is -0.137. The van der Waals surface area contributed by atoms with Gasteiger partial charge in [-0.15, -0.1) is 0 Å². The lowest BCUT2D eigenvalue weighted by atomic mass is 10.0. The summed E-state index contributed by atoms with van der Waals surface area (Å²) in [5, 5.41) is 14.2. The van der Waals surface area contributed by atoms with Crippen LogP contribution in [-0.2, 0) is 4.79 Å². The van der Waals surface area contributed by atoms with Crippen LogP contribution in [0.1, 0.15) is 59.3 Å². The fourth-order valence-corrected chi connectivity index (χ4v) is 1.88. The number of aliphatic carboxylic acids is 1. The Morgan fingerprint density at radius 1 is 1.16 bits per heavy atom. The molecule has 19 heavy (non-hydrogen) atoms. The Bertz CT molecular complexity index is 269. The van der Waals surface area contributed by atoms with Crippen molar-refractivity contribution in [2.75, 3.05) is 6.54 Å². The van der Waals surface area contributed by atoms with Crippen molar-refractivity contribution >= 4 is 12.0 Å². The Morgan fingerprint density at radius 2 is 1.84 bits per heavy atom. The molecule has 0 rings (SSSR count). The number of carbonyl (C=O) groups excluding carboxylic acids is 1. The third-order valence-corrected chi connectivity index (χ3v) is 3.18. The van der Waals surface area contributed by atoms with Gasteiger partial charge in [0.25, 0.3) is 0 Å². The van der Waals surface area contributed by atoms with E-state index in [2.05, 4.69) is 24.5 Å². The number of amides is 2.